The molecular formula is C27H43N3OSi. The van der Waals surface area contributed by atoms with E-state index in [9.17, 15) is 0 Å². The van der Waals surface area contributed by atoms with Crippen molar-refractivity contribution >= 4 is 25.3 Å². The van der Waals surface area contributed by atoms with Gasteiger partial charge < -0.3 is 9.64 Å². The first-order chi connectivity index (χ1) is 15.4. The molecule has 0 radical (unpaired) electrons. The van der Waals surface area contributed by atoms with E-state index in [1.807, 2.05) is 13.3 Å². The molecule has 0 saturated heterocycles. The molecule has 1 aromatic heterocycles. The summed E-state index contributed by atoms with van der Waals surface area (Å²) in [6.07, 6.45) is 5.53. The average molecular weight is 454 g/mol. The van der Waals surface area contributed by atoms with Crippen molar-refractivity contribution in [3.8, 4) is 5.88 Å². The van der Waals surface area contributed by atoms with Crippen LogP contribution in [0.4, 0.5) is 5.69 Å². The highest BCUT2D eigenvalue weighted by Gasteiger charge is 2.36. The quantitative estimate of drug-likeness (QED) is 0.191. The third-order valence-corrected chi connectivity index (χ3v) is 12.3. The van der Waals surface area contributed by atoms with Crippen molar-refractivity contribution in [2.24, 2.45) is 4.99 Å². The van der Waals surface area contributed by atoms with E-state index in [1.165, 1.54) is 53.7 Å². The monoisotopic (exact) mass is 453 g/mol. The second-order valence-corrected chi connectivity index (χ2v) is 13.6. The van der Waals surface area contributed by atoms with Crippen molar-refractivity contribution in [3.05, 3.63) is 47.2 Å². The highest BCUT2D eigenvalue weighted by atomic mass is 28.3. The van der Waals surface area contributed by atoms with Crippen LogP contribution >= 0.6 is 0 Å². The Labute approximate surface area is 197 Å². The second-order valence-electron chi connectivity index (χ2n) is 9.01. The van der Waals surface area contributed by atoms with Crippen LogP contribution < -0.4 is 9.92 Å². The Morgan fingerprint density at radius 1 is 1.00 bits per heavy atom. The highest BCUT2D eigenvalue weighted by Crippen LogP contribution is 2.32. The lowest BCUT2D eigenvalue weighted by atomic mass is 10.1. The van der Waals surface area contributed by atoms with Crippen LogP contribution in [0.2, 0.25) is 18.1 Å². The maximum atomic E-state index is 6.49. The fourth-order valence-electron chi connectivity index (χ4n) is 4.57. The van der Waals surface area contributed by atoms with Gasteiger partial charge in [-0.15, -0.1) is 0 Å². The zero-order chi connectivity index (χ0) is 23.6. The predicted octanol–water partition coefficient (Wildman–Crippen LogP) is 6.77. The Morgan fingerprint density at radius 3 is 2.19 bits per heavy atom. The second kappa shape index (κ2) is 12.8. The van der Waals surface area contributed by atoms with Crippen LogP contribution in [-0.4, -0.2) is 37.9 Å². The summed E-state index contributed by atoms with van der Waals surface area (Å²) in [6, 6.07) is 14.6. The largest absolute Gasteiger partial charge is 0.473 e. The number of aryl methyl sites for hydroxylation is 2. The first-order valence-corrected chi connectivity index (χ1v) is 15.0. The molecule has 1 heterocycles. The summed E-state index contributed by atoms with van der Waals surface area (Å²) in [5.74, 6) is 0.843. The van der Waals surface area contributed by atoms with E-state index in [-0.39, 0.29) is 0 Å². The molecule has 4 nitrogen and oxygen atoms in total. The Hall–Kier alpha value is -2.14. The third kappa shape index (κ3) is 6.68. The number of aromatic nitrogens is 1. The molecule has 0 unspecified atom stereocenters. The molecular weight excluding hydrogens is 410 g/mol. The van der Waals surface area contributed by atoms with Crippen LogP contribution in [-0.2, 0) is 6.61 Å². The Morgan fingerprint density at radius 2 is 1.62 bits per heavy atom. The van der Waals surface area contributed by atoms with Gasteiger partial charge in [0.2, 0.25) is 5.88 Å². The summed E-state index contributed by atoms with van der Waals surface area (Å²) in [7, 11) is 0.291. The average Bonchev–Trinajstić information content (AvgIpc) is 2.78. The molecule has 176 valence electrons. The van der Waals surface area contributed by atoms with Gasteiger partial charge in [0.05, 0.1) is 25.8 Å². The molecule has 0 bridgehead atoms. The summed E-state index contributed by atoms with van der Waals surface area (Å²) in [5, 5.41) is 1.37. The van der Waals surface area contributed by atoms with Gasteiger partial charge in [0.1, 0.15) is 6.61 Å². The number of rotatable bonds is 13. The minimum absolute atomic E-state index is 0.558. The van der Waals surface area contributed by atoms with Gasteiger partial charge in [0, 0.05) is 18.8 Å². The van der Waals surface area contributed by atoms with Gasteiger partial charge in [0.25, 0.3) is 0 Å². The van der Waals surface area contributed by atoms with Crippen molar-refractivity contribution < 1.29 is 4.74 Å². The van der Waals surface area contributed by atoms with Gasteiger partial charge in [0.15, 0.2) is 0 Å². The van der Waals surface area contributed by atoms with E-state index in [0.717, 1.165) is 23.8 Å². The lowest BCUT2D eigenvalue weighted by molar-refractivity contribution is 0.295. The van der Waals surface area contributed by atoms with Crippen molar-refractivity contribution in [3.63, 3.8) is 0 Å². The van der Waals surface area contributed by atoms with E-state index in [0.29, 0.717) is 6.61 Å². The van der Waals surface area contributed by atoms with E-state index < -0.39 is 8.07 Å². The van der Waals surface area contributed by atoms with Gasteiger partial charge in [-0.3, -0.25) is 0 Å². The SMILES string of the molecule is CCC[Si](CCC)(CCC)c1cc(N=CN(C)CC)c(C)nc1OCc1ccccc1C. The molecule has 5 heteroatoms. The number of nitrogens with zero attached hydrogens (tertiary/aromatic N) is 3. The standard InChI is InChI=1S/C27H43N3OSi/c1-8-16-32(17-9-2,18-10-3)26-19-25(28-21-30(7)11-4)23(6)29-27(26)31-20-24-15-13-12-14-22(24)5/h12-15,19,21H,8-11,16-18,20H2,1-7H3. The van der Waals surface area contributed by atoms with E-state index >= 15 is 0 Å². The molecule has 2 rings (SSSR count). The number of ether oxygens (including phenoxy) is 1. The first-order valence-electron chi connectivity index (χ1n) is 12.3. The topological polar surface area (TPSA) is 37.7 Å². The maximum absolute atomic E-state index is 6.49. The molecule has 0 atom stereocenters. The maximum Gasteiger partial charge on any atom is 0.213 e. The number of pyridine rings is 1. The van der Waals surface area contributed by atoms with Gasteiger partial charge in [-0.2, -0.15) is 0 Å². The summed E-state index contributed by atoms with van der Waals surface area (Å²) >= 11 is 0. The molecule has 0 aliphatic rings. The Bertz CT molecular complexity index is 864. The van der Waals surface area contributed by atoms with Gasteiger partial charge in [-0.1, -0.05) is 82.4 Å². The lowest BCUT2D eigenvalue weighted by Gasteiger charge is -2.33. The molecule has 0 aliphatic heterocycles. The normalized spacial score (nSPS) is 11.8. The zero-order valence-electron chi connectivity index (χ0n) is 21.4. The van der Waals surface area contributed by atoms with Gasteiger partial charge >= 0.3 is 0 Å². The molecule has 0 fully saturated rings. The van der Waals surface area contributed by atoms with Gasteiger partial charge in [-0.25, -0.2) is 9.98 Å². The summed E-state index contributed by atoms with van der Waals surface area (Å²) in [5.41, 5.74) is 4.39. The summed E-state index contributed by atoms with van der Waals surface area (Å²) < 4.78 is 6.49. The molecule has 0 aliphatic carbocycles. The van der Waals surface area contributed by atoms with Crippen molar-refractivity contribution in [2.45, 2.75) is 85.5 Å². The minimum Gasteiger partial charge on any atom is -0.473 e. The summed E-state index contributed by atoms with van der Waals surface area (Å²) in [4.78, 5) is 11.9. The van der Waals surface area contributed by atoms with E-state index in [1.54, 1.807) is 0 Å². The van der Waals surface area contributed by atoms with Gasteiger partial charge in [-0.05, 0) is 38.0 Å². The molecule has 2 aromatic rings. The van der Waals surface area contributed by atoms with Crippen LogP contribution in [0.15, 0.2) is 35.3 Å². The van der Waals surface area contributed by atoms with Crippen molar-refractivity contribution in [1.29, 1.82) is 0 Å². The van der Waals surface area contributed by atoms with Crippen LogP contribution in [0, 0.1) is 13.8 Å². The van der Waals surface area contributed by atoms with Crippen molar-refractivity contribution in [1.82, 2.24) is 9.88 Å². The summed E-state index contributed by atoms with van der Waals surface area (Å²) in [6.45, 7) is 14.8. The minimum atomic E-state index is -1.76. The molecule has 0 saturated carbocycles. The molecule has 0 N–H and O–H groups in total. The van der Waals surface area contributed by atoms with Crippen LogP contribution in [0.1, 0.15) is 63.8 Å². The lowest BCUT2D eigenvalue weighted by Crippen LogP contribution is -2.48. The molecule has 1 aromatic carbocycles. The first kappa shape index (κ1) is 26.1. The third-order valence-electron chi connectivity index (χ3n) is 6.43. The number of hydrogen-bond acceptors (Lipinski definition) is 3. The fraction of sp³-hybridized carbons (Fsp3) is 0.556. The Balaban J connectivity index is 2.57. The number of benzene rings is 1. The number of hydrogen-bond donors (Lipinski definition) is 0. The smallest absolute Gasteiger partial charge is 0.213 e. The molecule has 32 heavy (non-hydrogen) atoms. The highest BCUT2D eigenvalue weighted by molar-refractivity contribution is 6.92. The predicted molar refractivity (Wildman–Crippen MR) is 142 cm³/mol. The van der Waals surface area contributed by atoms with Crippen LogP contribution in [0.3, 0.4) is 0 Å². The molecule has 0 amide bonds. The van der Waals surface area contributed by atoms with Crippen LogP contribution in [0.25, 0.3) is 0 Å². The molecule has 0 spiro atoms. The Kier molecular flexibility index (Phi) is 10.4. The fourth-order valence-corrected chi connectivity index (χ4v) is 10.0. The zero-order valence-corrected chi connectivity index (χ0v) is 22.4. The van der Waals surface area contributed by atoms with Crippen LogP contribution in [0.5, 0.6) is 5.88 Å². The van der Waals surface area contributed by atoms with Crippen molar-refractivity contribution in [2.75, 3.05) is 13.6 Å². The van der Waals surface area contributed by atoms with E-state index in [4.69, 9.17) is 14.7 Å². The number of aliphatic imine (C=N–C) groups is 1. The van der Waals surface area contributed by atoms with E-state index in [2.05, 4.69) is 76.9 Å².